The van der Waals surface area contributed by atoms with Crippen LogP contribution in [0.25, 0.3) is 0 Å². The van der Waals surface area contributed by atoms with Crippen LogP contribution in [0.5, 0.6) is 0 Å². The van der Waals surface area contributed by atoms with E-state index in [0.29, 0.717) is 25.7 Å². The van der Waals surface area contributed by atoms with E-state index in [1.165, 1.54) is 9.80 Å². The molecule has 0 spiro atoms. The first kappa shape index (κ1) is 30.7. The fourth-order valence-electron chi connectivity index (χ4n) is 5.20. The lowest BCUT2D eigenvalue weighted by Gasteiger charge is -2.45. The predicted molar refractivity (Wildman–Crippen MR) is 133 cm³/mol. The molecule has 1 saturated carbocycles. The molecule has 38 heavy (non-hydrogen) atoms. The summed E-state index contributed by atoms with van der Waals surface area (Å²) in [7, 11) is 0. The number of hydrogen-bond acceptors (Lipinski definition) is 8. The number of benzene rings is 1. The zero-order chi connectivity index (χ0) is 28.2. The molecule has 0 radical (unpaired) electrons. The Bertz CT molecular complexity index is 941. The van der Waals surface area contributed by atoms with Gasteiger partial charge >= 0.3 is 29.8 Å². The maximum atomic E-state index is 11.9. The molecule has 3 atom stereocenters. The molecule has 1 aliphatic rings. The second-order valence-corrected chi connectivity index (χ2v) is 9.47. The van der Waals surface area contributed by atoms with E-state index in [9.17, 15) is 49.5 Å². The molecule has 0 saturated heterocycles. The zero-order valence-electron chi connectivity index (χ0n) is 21.0. The summed E-state index contributed by atoms with van der Waals surface area (Å²) in [6.45, 7) is -2.71. The van der Waals surface area contributed by atoms with E-state index >= 15 is 0 Å². The van der Waals surface area contributed by atoms with Gasteiger partial charge in [0.1, 0.15) is 0 Å². The van der Waals surface area contributed by atoms with E-state index in [0.717, 1.165) is 5.56 Å². The molecule has 1 aliphatic carbocycles. The maximum Gasteiger partial charge on any atom is 0.317 e. The lowest BCUT2D eigenvalue weighted by Crippen LogP contribution is -2.59. The minimum absolute atomic E-state index is 0.0170. The van der Waals surface area contributed by atoms with Crippen LogP contribution in [0.4, 0.5) is 0 Å². The Morgan fingerprint density at radius 1 is 0.658 bits per heavy atom. The topological polar surface area (TPSA) is 196 Å². The van der Waals surface area contributed by atoms with Crippen molar-refractivity contribution in [3.63, 3.8) is 0 Å². The highest BCUT2D eigenvalue weighted by molar-refractivity contribution is 5.73. The summed E-state index contributed by atoms with van der Waals surface area (Å²) < 4.78 is 0. The van der Waals surface area contributed by atoms with E-state index in [2.05, 4.69) is 0 Å². The van der Waals surface area contributed by atoms with Crippen LogP contribution in [0.15, 0.2) is 30.3 Å². The molecule has 13 nitrogen and oxygen atoms in total. The van der Waals surface area contributed by atoms with Crippen LogP contribution in [0.2, 0.25) is 0 Å². The van der Waals surface area contributed by atoms with Crippen molar-refractivity contribution < 1.29 is 49.5 Å². The average Bonchev–Trinajstić information content (AvgIpc) is 2.81. The molecule has 0 heterocycles. The maximum absolute atomic E-state index is 11.9. The quantitative estimate of drug-likeness (QED) is 0.181. The number of hydrogen-bond donors (Lipinski definition) is 5. The molecule has 0 bridgehead atoms. The molecule has 1 fully saturated rings. The van der Waals surface area contributed by atoms with Gasteiger partial charge in [-0.05, 0) is 24.8 Å². The Morgan fingerprint density at radius 3 is 1.53 bits per heavy atom. The second kappa shape index (κ2) is 15.0. The summed E-state index contributed by atoms with van der Waals surface area (Å²) in [6, 6.07) is 7.17. The molecular formula is C25H35N3O10. The van der Waals surface area contributed by atoms with Crippen molar-refractivity contribution in [2.24, 2.45) is 0 Å². The van der Waals surface area contributed by atoms with Gasteiger partial charge in [-0.15, -0.1) is 0 Å². The molecule has 0 aromatic heterocycles. The number of nitrogens with zero attached hydrogens (tertiary/aromatic N) is 3. The minimum Gasteiger partial charge on any atom is -0.480 e. The van der Waals surface area contributed by atoms with Crippen LogP contribution < -0.4 is 0 Å². The Labute approximate surface area is 219 Å². The Hall–Kier alpha value is -3.55. The summed E-state index contributed by atoms with van der Waals surface area (Å²) in [6.07, 6.45) is 2.59. The number of carboxylic acid groups (broad SMARTS) is 5. The Morgan fingerprint density at radius 2 is 1.08 bits per heavy atom. The number of carbonyl (C=O) groups is 5. The van der Waals surface area contributed by atoms with E-state index in [1.54, 1.807) is 35.2 Å². The fourth-order valence-corrected chi connectivity index (χ4v) is 5.20. The van der Waals surface area contributed by atoms with Crippen molar-refractivity contribution in [2.45, 2.75) is 50.2 Å². The van der Waals surface area contributed by atoms with Gasteiger partial charge in [0.2, 0.25) is 0 Å². The lowest BCUT2D eigenvalue weighted by atomic mass is 9.87. The van der Waals surface area contributed by atoms with Gasteiger partial charge in [-0.1, -0.05) is 43.2 Å². The molecule has 0 amide bonds. The van der Waals surface area contributed by atoms with Crippen molar-refractivity contribution in [3.05, 3.63) is 35.9 Å². The van der Waals surface area contributed by atoms with Crippen LogP contribution in [0, 0.1) is 0 Å². The minimum atomic E-state index is -1.24. The third-order valence-corrected chi connectivity index (χ3v) is 6.60. The first-order valence-corrected chi connectivity index (χ1v) is 12.3. The standard InChI is InChI=1S/C25H35N3O10/c29-21(30)12-26(13-22(31)32)18(10-17-6-2-1-3-7-17)11-27(14-23(33)34)19-8-4-5-9-20(19)28(15-24(35)36)16-25(37)38/h1-3,6-7,18-20H,4-5,8-16H2,(H,29,30)(H,31,32)(H,33,34)(H,35,36)(H,37,38)/t18?,19-,20-/m1/s1. The van der Waals surface area contributed by atoms with Crippen molar-refractivity contribution in [3.8, 4) is 0 Å². The van der Waals surface area contributed by atoms with Gasteiger partial charge in [-0.2, -0.15) is 0 Å². The van der Waals surface area contributed by atoms with Crippen molar-refractivity contribution in [1.82, 2.24) is 14.7 Å². The summed E-state index contributed by atoms with van der Waals surface area (Å²) >= 11 is 0. The number of rotatable bonds is 17. The lowest BCUT2D eigenvalue weighted by molar-refractivity contribution is -0.146. The molecular weight excluding hydrogens is 502 g/mol. The van der Waals surface area contributed by atoms with Crippen LogP contribution >= 0.6 is 0 Å². The first-order chi connectivity index (χ1) is 18.0. The molecule has 5 N–H and O–H groups in total. The van der Waals surface area contributed by atoms with Crippen LogP contribution in [-0.4, -0.2) is 127 Å². The van der Waals surface area contributed by atoms with Crippen molar-refractivity contribution >= 4 is 29.8 Å². The number of carboxylic acids is 5. The third kappa shape index (κ3) is 10.4. The normalized spacial score (nSPS) is 18.4. The monoisotopic (exact) mass is 537 g/mol. The highest BCUT2D eigenvalue weighted by Crippen LogP contribution is 2.28. The van der Waals surface area contributed by atoms with E-state index in [1.807, 2.05) is 0 Å². The van der Waals surface area contributed by atoms with E-state index < -0.39 is 80.7 Å². The molecule has 0 aliphatic heterocycles. The Balaban J connectivity index is 2.47. The first-order valence-electron chi connectivity index (χ1n) is 12.3. The van der Waals surface area contributed by atoms with Crippen LogP contribution in [0.3, 0.4) is 0 Å². The predicted octanol–water partition coefficient (Wildman–Crippen LogP) is 0.238. The average molecular weight is 538 g/mol. The SMILES string of the molecule is O=C(O)CN(CC(=O)O)C(Cc1ccccc1)CN(CC(=O)O)[C@@H]1CCCC[C@H]1N(CC(=O)O)CC(=O)O. The zero-order valence-corrected chi connectivity index (χ0v) is 21.0. The van der Waals surface area contributed by atoms with E-state index in [4.69, 9.17) is 0 Å². The van der Waals surface area contributed by atoms with Gasteiger partial charge in [0, 0.05) is 24.7 Å². The van der Waals surface area contributed by atoms with Gasteiger partial charge in [0.05, 0.1) is 32.7 Å². The highest BCUT2D eigenvalue weighted by atomic mass is 16.4. The van der Waals surface area contributed by atoms with Gasteiger partial charge < -0.3 is 25.5 Å². The van der Waals surface area contributed by atoms with Gasteiger partial charge in [0.25, 0.3) is 0 Å². The number of aliphatic carboxylic acids is 5. The molecule has 210 valence electrons. The molecule has 1 unspecified atom stereocenters. The van der Waals surface area contributed by atoms with Gasteiger partial charge in [0.15, 0.2) is 0 Å². The molecule has 13 heteroatoms. The summed E-state index contributed by atoms with van der Waals surface area (Å²) in [4.78, 5) is 62.3. The van der Waals surface area contributed by atoms with Crippen molar-refractivity contribution in [2.75, 3.05) is 39.3 Å². The van der Waals surface area contributed by atoms with Gasteiger partial charge in [-0.25, -0.2) is 0 Å². The fraction of sp³-hybridized carbons (Fsp3) is 0.560. The summed E-state index contributed by atoms with van der Waals surface area (Å²) in [5, 5.41) is 47.4. The second-order valence-electron chi connectivity index (χ2n) is 9.47. The summed E-state index contributed by atoms with van der Waals surface area (Å²) in [5.41, 5.74) is 0.798. The summed E-state index contributed by atoms with van der Waals surface area (Å²) in [5.74, 6) is -6.07. The smallest absolute Gasteiger partial charge is 0.317 e. The molecule has 1 aromatic rings. The molecule has 2 rings (SSSR count). The van der Waals surface area contributed by atoms with Crippen LogP contribution in [0.1, 0.15) is 31.2 Å². The Kier molecular flexibility index (Phi) is 12.1. The highest BCUT2D eigenvalue weighted by Gasteiger charge is 2.38. The van der Waals surface area contributed by atoms with Gasteiger partial charge in [-0.3, -0.25) is 38.7 Å². The van der Waals surface area contributed by atoms with Crippen LogP contribution in [-0.2, 0) is 30.4 Å². The van der Waals surface area contributed by atoms with E-state index in [-0.39, 0.29) is 13.0 Å². The largest absolute Gasteiger partial charge is 0.480 e. The molecule has 1 aromatic carbocycles. The third-order valence-electron chi connectivity index (χ3n) is 6.60. The van der Waals surface area contributed by atoms with Crippen molar-refractivity contribution in [1.29, 1.82) is 0 Å².